The van der Waals surface area contributed by atoms with Crippen molar-refractivity contribution in [1.82, 2.24) is 4.72 Å². The summed E-state index contributed by atoms with van der Waals surface area (Å²) in [6, 6.07) is 22.2. The van der Waals surface area contributed by atoms with Gasteiger partial charge in [-0.05, 0) is 43.2 Å². The number of benzene rings is 3. The maximum Gasteiger partial charge on any atom is 0.342 e. The van der Waals surface area contributed by atoms with Crippen LogP contribution in [0.15, 0.2) is 88.8 Å². The fourth-order valence-electron chi connectivity index (χ4n) is 4.22. The maximum absolute atomic E-state index is 13.5. The third kappa shape index (κ3) is 4.99. The van der Waals surface area contributed by atoms with E-state index in [0.717, 1.165) is 11.1 Å². The number of aliphatic imine (C=N–C) groups is 1. The number of ether oxygens (including phenoxy) is 2. The lowest BCUT2D eigenvalue weighted by Gasteiger charge is -2.31. The van der Waals surface area contributed by atoms with Crippen molar-refractivity contribution in [2.45, 2.75) is 43.2 Å². The van der Waals surface area contributed by atoms with E-state index in [1.165, 1.54) is 7.11 Å². The number of carbonyl (C=O) groups is 1. The van der Waals surface area contributed by atoms with E-state index in [1.54, 1.807) is 48.5 Å². The highest BCUT2D eigenvalue weighted by Crippen LogP contribution is 2.35. The van der Waals surface area contributed by atoms with Crippen LogP contribution in [-0.2, 0) is 26.0 Å². The highest BCUT2D eigenvalue weighted by molar-refractivity contribution is 7.89. The minimum atomic E-state index is -3.93. The van der Waals surface area contributed by atoms with Crippen LogP contribution in [0.1, 0.15) is 30.0 Å². The number of carbonyl (C=O) groups excluding carboxylic acids is 1. The summed E-state index contributed by atoms with van der Waals surface area (Å²) in [6.45, 7) is 3.70. The summed E-state index contributed by atoms with van der Waals surface area (Å²) in [5, 5.41) is 0. The first-order valence-corrected chi connectivity index (χ1v) is 12.9. The van der Waals surface area contributed by atoms with Crippen LogP contribution in [0.25, 0.3) is 0 Å². The zero-order chi connectivity index (χ0) is 25.1. The summed E-state index contributed by atoms with van der Waals surface area (Å²) in [6.07, 6.45) is 0.482. The standard InChI is InChI=1S/C27H28N2O5S/c1-4-24(29-35(31,32)21-16-14-19(2)15-17-21)27(18-20-10-6-5-7-11-20)26(30)34-25(28-27)22-12-8-9-13-23(22)33-3/h5-17,24,29H,4,18H2,1-3H3/t24-,27+/m1/s1. The average molecular weight is 493 g/mol. The van der Waals surface area contributed by atoms with Gasteiger partial charge in [0.2, 0.25) is 15.9 Å². The smallest absolute Gasteiger partial charge is 0.342 e. The van der Waals surface area contributed by atoms with Gasteiger partial charge in [0.05, 0.1) is 23.6 Å². The second kappa shape index (κ2) is 10.0. The number of aryl methyl sites for hydroxylation is 1. The Bertz CT molecular complexity index is 1340. The summed E-state index contributed by atoms with van der Waals surface area (Å²) < 4.78 is 40.5. The molecule has 0 fully saturated rings. The monoisotopic (exact) mass is 492 g/mol. The van der Waals surface area contributed by atoms with Gasteiger partial charge in [-0.1, -0.05) is 67.1 Å². The number of para-hydroxylation sites is 1. The minimum absolute atomic E-state index is 0.108. The number of methoxy groups -OCH3 is 1. The molecule has 1 aliphatic rings. The molecule has 8 heteroatoms. The predicted octanol–water partition coefficient (Wildman–Crippen LogP) is 4.05. The van der Waals surface area contributed by atoms with E-state index in [9.17, 15) is 13.2 Å². The normalized spacial score (nSPS) is 18.6. The molecule has 0 radical (unpaired) electrons. The number of hydrogen-bond acceptors (Lipinski definition) is 6. The summed E-state index contributed by atoms with van der Waals surface area (Å²) in [5.74, 6) is -0.0000686. The molecular formula is C27H28N2O5S. The second-order valence-corrected chi connectivity index (χ2v) is 10.2. The molecule has 2 atom stereocenters. The molecule has 0 aliphatic carbocycles. The van der Waals surface area contributed by atoms with Gasteiger partial charge in [-0.25, -0.2) is 22.9 Å². The summed E-state index contributed by atoms with van der Waals surface area (Å²) >= 11 is 0. The third-order valence-corrected chi connectivity index (χ3v) is 7.60. The first-order valence-electron chi connectivity index (χ1n) is 11.4. The van der Waals surface area contributed by atoms with Gasteiger partial charge in [0.15, 0.2) is 5.54 Å². The van der Waals surface area contributed by atoms with E-state index >= 15 is 0 Å². The van der Waals surface area contributed by atoms with E-state index in [-0.39, 0.29) is 17.2 Å². The van der Waals surface area contributed by atoms with E-state index in [2.05, 4.69) is 4.72 Å². The molecule has 0 unspecified atom stereocenters. The number of nitrogens with one attached hydrogen (secondary N) is 1. The van der Waals surface area contributed by atoms with Gasteiger partial charge >= 0.3 is 5.97 Å². The quantitative estimate of drug-likeness (QED) is 0.455. The molecule has 35 heavy (non-hydrogen) atoms. The van der Waals surface area contributed by atoms with Crippen molar-refractivity contribution in [2.75, 3.05) is 7.11 Å². The number of cyclic esters (lactones) is 1. The lowest BCUT2D eigenvalue weighted by Crippen LogP contribution is -2.56. The number of hydrogen-bond donors (Lipinski definition) is 1. The molecule has 0 saturated heterocycles. The minimum Gasteiger partial charge on any atom is -0.496 e. The Labute approximate surface area is 205 Å². The maximum atomic E-state index is 13.5. The molecule has 1 N–H and O–H groups in total. The van der Waals surface area contributed by atoms with Crippen molar-refractivity contribution < 1.29 is 22.7 Å². The van der Waals surface area contributed by atoms with Crippen LogP contribution in [0.5, 0.6) is 5.75 Å². The molecule has 3 aromatic carbocycles. The Morgan fingerprint density at radius 3 is 2.31 bits per heavy atom. The molecule has 182 valence electrons. The van der Waals surface area contributed by atoms with Crippen LogP contribution in [0.4, 0.5) is 0 Å². The van der Waals surface area contributed by atoms with Crippen molar-refractivity contribution in [1.29, 1.82) is 0 Å². The summed E-state index contributed by atoms with van der Waals surface area (Å²) in [4.78, 5) is 18.4. The molecule has 0 saturated carbocycles. The first-order chi connectivity index (χ1) is 16.8. The van der Waals surface area contributed by atoms with Gasteiger partial charge in [0.1, 0.15) is 5.75 Å². The summed E-state index contributed by atoms with van der Waals surface area (Å²) in [7, 11) is -2.40. The number of rotatable bonds is 9. The van der Waals surface area contributed by atoms with Crippen molar-refractivity contribution >= 4 is 21.9 Å². The van der Waals surface area contributed by atoms with Crippen molar-refractivity contribution in [3.8, 4) is 5.75 Å². The first kappa shape index (κ1) is 24.6. The number of esters is 1. The van der Waals surface area contributed by atoms with Crippen LogP contribution >= 0.6 is 0 Å². The second-order valence-electron chi connectivity index (χ2n) is 8.49. The molecule has 0 aromatic heterocycles. The van der Waals surface area contributed by atoms with Gasteiger partial charge in [0, 0.05) is 6.42 Å². The largest absolute Gasteiger partial charge is 0.496 e. The van der Waals surface area contributed by atoms with Crippen molar-refractivity contribution in [2.24, 2.45) is 4.99 Å². The molecule has 4 rings (SSSR count). The molecule has 7 nitrogen and oxygen atoms in total. The van der Waals surface area contributed by atoms with Crippen LogP contribution in [0.3, 0.4) is 0 Å². The Morgan fingerprint density at radius 1 is 1.00 bits per heavy atom. The predicted molar refractivity (Wildman–Crippen MR) is 134 cm³/mol. The van der Waals surface area contributed by atoms with Crippen LogP contribution < -0.4 is 9.46 Å². The average Bonchev–Trinajstić information content (AvgIpc) is 3.19. The van der Waals surface area contributed by atoms with Gasteiger partial charge in [0.25, 0.3) is 0 Å². The fraction of sp³-hybridized carbons (Fsp3) is 0.259. The zero-order valence-corrected chi connectivity index (χ0v) is 20.7. The van der Waals surface area contributed by atoms with Crippen LogP contribution in [-0.4, -0.2) is 39.0 Å². The highest BCUT2D eigenvalue weighted by Gasteiger charge is 2.53. The number of sulfonamides is 1. The molecule has 3 aromatic rings. The zero-order valence-electron chi connectivity index (χ0n) is 19.9. The topological polar surface area (TPSA) is 94.1 Å². The van der Waals surface area contributed by atoms with Crippen molar-refractivity contribution in [3.63, 3.8) is 0 Å². The lowest BCUT2D eigenvalue weighted by molar-refractivity contribution is -0.139. The Balaban J connectivity index is 1.80. The molecule has 1 aliphatic heterocycles. The van der Waals surface area contributed by atoms with E-state index in [4.69, 9.17) is 14.5 Å². The Hall–Kier alpha value is -3.49. The number of nitrogens with zero attached hydrogens (tertiary/aromatic N) is 1. The van der Waals surface area contributed by atoms with Crippen LogP contribution in [0, 0.1) is 6.92 Å². The van der Waals surface area contributed by atoms with E-state index in [0.29, 0.717) is 17.7 Å². The molecular weight excluding hydrogens is 464 g/mol. The Morgan fingerprint density at radius 2 is 1.66 bits per heavy atom. The third-order valence-electron chi connectivity index (χ3n) is 6.11. The van der Waals surface area contributed by atoms with E-state index < -0.39 is 27.6 Å². The van der Waals surface area contributed by atoms with Crippen LogP contribution in [0.2, 0.25) is 0 Å². The van der Waals surface area contributed by atoms with Gasteiger partial charge in [-0.2, -0.15) is 0 Å². The van der Waals surface area contributed by atoms with E-state index in [1.807, 2.05) is 44.2 Å². The van der Waals surface area contributed by atoms with Crippen molar-refractivity contribution in [3.05, 3.63) is 95.6 Å². The van der Waals surface area contributed by atoms with Gasteiger partial charge in [-0.15, -0.1) is 0 Å². The highest BCUT2D eigenvalue weighted by atomic mass is 32.2. The molecule has 1 heterocycles. The molecule has 0 amide bonds. The molecule has 0 bridgehead atoms. The Kier molecular flexibility index (Phi) is 7.05. The fourth-order valence-corrected chi connectivity index (χ4v) is 5.58. The van der Waals surface area contributed by atoms with Gasteiger partial charge < -0.3 is 9.47 Å². The van der Waals surface area contributed by atoms with Gasteiger partial charge in [-0.3, -0.25) is 0 Å². The lowest BCUT2D eigenvalue weighted by atomic mass is 9.83. The summed E-state index contributed by atoms with van der Waals surface area (Å²) in [5.41, 5.74) is 0.809. The SMILES string of the molecule is CC[C@@H](NS(=O)(=O)c1ccc(C)cc1)[C@]1(Cc2ccccc2)N=C(c2ccccc2OC)OC1=O. The molecule has 0 spiro atoms.